The highest BCUT2D eigenvalue weighted by Crippen LogP contribution is 2.21. The number of carbonyl (C=O) groups excluding carboxylic acids is 1. The Hall–Kier alpha value is -2.71. The third-order valence-corrected chi connectivity index (χ3v) is 5.82. The number of ether oxygens (including phenoxy) is 1. The van der Waals surface area contributed by atoms with Crippen LogP contribution in [0.4, 0.5) is 0 Å². The van der Waals surface area contributed by atoms with E-state index in [9.17, 15) is 18.0 Å². The summed E-state index contributed by atoms with van der Waals surface area (Å²) in [6.07, 6.45) is 0.456. The number of carboxylic acid groups (broad SMARTS) is 1. The number of Topliss-reactive ketones (excluding diaryl/α,β-unsaturated/α-hetero) is 1. The first-order valence-electron chi connectivity index (χ1n) is 8.77. The highest BCUT2D eigenvalue weighted by molar-refractivity contribution is 7.89. The van der Waals surface area contributed by atoms with Gasteiger partial charge in [-0.25, -0.2) is 8.42 Å². The van der Waals surface area contributed by atoms with Gasteiger partial charge in [0.2, 0.25) is 10.0 Å². The molecule has 8 heteroatoms. The Labute approximate surface area is 164 Å². The van der Waals surface area contributed by atoms with E-state index in [0.717, 1.165) is 9.87 Å². The maximum absolute atomic E-state index is 12.8. The molecule has 0 bridgehead atoms. The Kier molecular flexibility index (Phi) is 7.71. The Bertz CT molecular complexity index is 894. The van der Waals surface area contributed by atoms with Gasteiger partial charge in [0.1, 0.15) is 24.7 Å². The molecule has 2 aromatic carbocycles. The van der Waals surface area contributed by atoms with Crippen LogP contribution in [0.3, 0.4) is 0 Å². The number of rotatable bonds is 11. The van der Waals surface area contributed by atoms with Gasteiger partial charge >= 0.3 is 5.97 Å². The van der Waals surface area contributed by atoms with Crippen LogP contribution in [-0.4, -0.2) is 42.7 Å². The van der Waals surface area contributed by atoms with Crippen molar-refractivity contribution < 1.29 is 27.9 Å². The zero-order valence-corrected chi connectivity index (χ0v) is 16.4. The molecule has 0 fully saturated rings. The second kappa shape index (κ2) is 10.0. The minimum absolute atomic E-state index is 0.0244. The van der Waals surface area contributed by atoms with Gasteiger partial charge in [-0.05, 0) is 43.2 Å². The second-order valence-corrected chi connectivity index (χ2v) is 8.22. The molecule has 0 unspecified atom stereocenters. The maximum atomic E-state index is 12.8. The number of hydrogen-bond donors (Lipinski definition) is 1. The van der Waals surface area contributed by atoms with Crippen molar-refractivity contribution in [3.8, 4) is 5.75 Å². The number of hydrogen-bond acceptors (Lipinski definition) is 5. The van der Waals surface area contributed by atoms with Crippen LogP contribution in [0.25, 0.3) is 0 Å². The van der Waals surface area contributed by atoms with Gasteiger partial charge in [0, 0.05) is 13.0 Å². The van der Waals surface area contributed by atoms with E-state index in [-0.39, 0.29) is 30.1 Å². The van der Waals surface area contributed by atoms with Crippen molar-refractivity contribution in [2.75, 3.05) is 13.1 Å². The van der Waals surface area contributed by atoms with Gasteiger partial charge in [-0.15, -0.1) is 0 Å². The van der Waals surface area contributed by atoms with Crippen LogP contribution in [0.15, 0.2) is 59.5 Å². The number of aliphatic carboxylic acids is 1. The highest BCUT2D eigenvalue weighted by atomic mass is 32.2. The molecule has 0 aliphatic heterocycles. The van der Waals surface area contributed by atoms with E-state index >= 15 is 0 Å². The van der Waals surface area contributed by atoms with Crippen molar-refractivity contribution >= 4 is 21.8 Å². The van der Waals surface area contributed by atoms with Crippen LogP contribution in [0.5, 0.6) is 5.75 Å². The number of carbonyl (C=O) groups is 2. The lowest BCUT2D eigenvalue weighted by Gasteiger charge is -2.20. The van der Waals surface area contributed by atoms with Crippen molar-refractivity contribution in [2.24, 2.45) is 0 Å². The highest BCUT2D eigenvalue weighted by Gasteiger charge is 2.26. The fourth-order valence-corrected chi connectivity index (χ4v) is 3.97. The third kappa shape index (κ3) is 6.47. The average Bonchev–Trinajstić information content (AvgIpc) is 2.66. The van der Waals surface area contributed by atoms with E-state index in [4.69, 9.17) is 9.84 Å². The normalized spacial score (nSPS) is 11.4. The summed E-state index contributed by atoms with van der Waals surface area (Å²) in [4.78, 5) is 22.1. The van der Waals surface area contributed by atoms with Gasteiger partial charge in [-0.3, -0.25) is 4.79 Å². The zero-order valence-electron chi connectivity index (χ0n) is 15.6. The molecule has 0 radical (unpaired) electrons. The van der Waals surface area contributed by atoms with Crippen LogP contribution in [0, 0.1) is 0 Å². The van der Waals surface area contributed by atoms with Crippen molar-refractivity contribution in [3.63, 3.8) is 0 Å². The summed E-state index contributed by atoms with van der Waals surface area (Å²) < 4.78 is 32.1. The lowest BCUT2D eigenvalue weighted by atomic mass is 10.2. The zero-order chi connectivity index (χ0) is 20.6. The predicted octanol–water partition coefficient (Wildman–Crippen LogP) is 2.71. The molecule has 2 rings (SSSR count). The van der Waals surface area contributed by atoms with E-state index in [1.807, 2.05) is 30.3 Å². The first-order chi connectivity index (χ1) is 13.3. The van der Waals surface area contributed by atoms with Crippen molar-refractivity contribution in [2.45, 2.75) is 31.3 Å². The van der Waals surface area contributed by atoms with Gasteiger partial charge in [0.25, 0.3) is 0 Å². The lowest BCUT2D eigenvalue weighted by molar-refractivity contribution is -0.137. The topological polar surface area (TPSA) is 101 Å². The molecule has 0 aliphatic rings. The molecule has 28 heavy (non-hydrogen) atoms. The smallest absolute Gasteiger partial charge is 0.318 e. The number of nitrogens with zero attached hydrogens (tertiary/aromatic N) is 1. The molecule has 2 aromatic rings. The van der Waals surface area contributed by atoms with Crippen molar-refractivity contribution in [1.82, 2.24) is 4.31 Å². The molecule has 0 saturated carbocycles. The Morgan fingerprint density at radius 3 is 2.25 bits per heavy atom. The van der Waals surface area contributed by atoms with Crippen molar-refractivity contribution in [1.29, 1.82) is 0 Å². The molecular weight excluding hydrogens is 382 g/mol. The van der Waals surface area contributed by atoms with E-state index in [1.54, 1.807) is 0 Å². The Balaban J connectivity index is 2.08. The first-order valence-corrected chi connectivity index (χ1v) is 10.2. The van der Waals surface area contributed by atoms with Gasteiger partial charge < -0.3 is 14.6 Å². The Morgan fingerprint density at radius 2 is 1.68 bits per heavy atom. The van der Waals surface area contributed by atoms with Crippen LogP contribution >= 0.6 is 0 Å². The molecule has 7 nitrogen and oxygen atoms in total. The van der Waals surface area contributed by atoms with E-state index in [2.05, 4.69) is 0 Å². The second-order valence-electron chi connectivity index (χ2n) is 6.28. The fraction of sp³-hybridized carbons (Fsp3) is 0.300. The molecule has 0 spiro atoms. The minimum Gasteiger partial charge on any atom is -0.489 e. The SMILES string of the molecule is CC(=O)CCCN(CC(=O)O)S(=O)(=O)c1ccc(OCc2ccccc2)cc1. The van der Waals surface area contributed by atoms with Crippen LogP contribution in [-0.2, 0) is 26.2 Å². The molecule has 1 N–H and O–H groups in total. The minimum atomic E-state index is -3.99. The number of carboxylic acids is 1. The molecule has 150 valence electrons. The van der Waals surface area contributed by atoms with Gasteiger partial charge in [0.05, 0.1) is 4.90 Å². The lowest BCUT2D eigenvalue weighted by Crippen LogP contribution is -2.36. The number of ketones is 1. The quantitative estimate of drug-likeness (QED) is 0.617. The maximum Gasteiger partial charge on any atom is 0.318 e. The summed E-state index contributed by atoms with van der Waals surface area (Å²) in [6.45, 7) is 1.06. The molecule has 0 saturated heterocycles. The number of sulfonamides is 1. The molecule has 0 aromatic heterocycles. The van der Waals surface area contributed by atoms with Crippen LogP contribution in [0.1, 0.15) is 25.3 Å². The largest absolute Gasteiger partial charge is 0.489 e. The van der Waals surface area contributed by atoms with E-state index in [1.165, 1.54) is 31.2 Å². The predicted molar refractivity (Wildman–Crippen MR) is 104 cm³/mol. The summed E-state index contributed by atoms with van der Waals surface area (Å²) in [6, 6.07) is 15.4. The average molecular weight is 405 g/mol. The Morgan fingerprint density at radius 1 is 1.04 bits per heavy atom. The molecule has 0 atom stereocenters. The van der Waals surface area contributed by atoms with Gasteiger partial charge in [-0.2, -0.15) is 4.31 Å². The number of benzene rings is 2. The van der Waals surface area contributed by atoms with Crippen molar-refractivity contribution in [3.05, 3.63) is 60.2 Å². The van der Waals surface area contributed by atoms with Crippen LogP contribution in [0.2, 0.25) is 0 Å². The molecular formula is C20H23NO6S. The monoisotopic (exact) mass is 405 g/mol. The summed E-state index contributed by atoms with van der Waals surface area (Å²) in [7, 11) is -3.99. The van der Waals surface area contributed by atoms with E-state index in [0.29, 0.717) is 12.4 Å². The molecule has 0 amide bonds. The fourth-order valence-electron chi connectivity index (χ4n) is 2.54. The standard InChI is InChI=1S/C20H23NO6S/c1-16(22)6-5-13-21(14-20(23)24)28(25,26)19-11-9-18(10-12-19)27-15-17-7-3-2-4-8-17/h2-4,7-12H,5-6,13-15H2,1H3,(H,23,24). The first kappa shape index (κ1) is 21.6. The third-order valence-electron chi connectivity index (χ3n) is 3.96. The summed E-state index contributed by atoms with van der Waals surface area (Å²) in [5.41, 5.74) is 0.984. The van der Waals surface area contributed by atoms with Gasteiger partial charge in [0.15, 0.2) is 0 Å². The summed E-state index contributed by atoms with van der Waals surface area (Å²) in [5, 5.41) is 9.03. The molecule has 0 aliphatic carbocycles. The van der Waals surface area contributed by atoms with E-state index < -0.39 is 22.5 Å². The summed E-state index contributed by atoms with van der Waals surface area (Å²) in [5.74, 6) is -0.828. The summed E-state index contributed by atoms with van der Waals surface area (Å²) >= 11 is 0. The molecule has 0 heterocycles. The van der Waals surface area contributed by atoms with Gasteiger partial charge in [-0.1, -0.05) is 30.3 Å². The van der Waals surface area contributed by atoms with Crippen LogP contribution < -0.4 is 4.74 Å².